The van der Waals surface area contributed by atoms with Gasteiger partial charge in [-0.25, -0.2) is 0 Å². The highest BCUT2D eigenvalue weighted by molar-refractivity contribution is 7.90. The summed E-state index contributed by atoms with van der Waals surface area (Å²) in [5.41, 5.74) is 0.651. The van der Waals surface area contributed by atoms with Crippen molar-refractivity contribution in [3.05, 3.63) is 57.4 Å². The fourth-order valence-corrected chi connectivity index (χ4v) is 4.78. The maximum Gasteiger partial charge on any atom is 0.285 e. The molecule has 10 heteroatoms. The first kappa shape index (κ1) is 18.1. The second kappa shape index (κ2) is 6.89. The summed E-state index contributed by atoms with van der Waals surface area (Å²) >= 11 is 1.10. The van der Waals surface area contributed by atoms with Gasteiger partial charge in [0.15, 0.2) is 0 Å². The van der Waals surface area contributed by atoms with Gasteiger partial charge >= 0.3 is 0 Å². The van der Waals surface area contributed by atoms with Crippen molar-refractivity contribution < 1.29 is 18.1 Å². The van der Waals surface area contributed by atoms with Crippen LogP contribution in [0.4, 0.5) is 5.69 Å². The molecule has 0 atom stereocenters. The molecule has 0 aliphatic heterocycles. The Morgan fingerprint density at radius 3 is 2.50 bits per heavy atom. The number of aryl methyl sites for hydroxylation is 1. The van der Waals surface area contributed by atoms with E-state index in [1.165, 1.54) is 31.4 Å². The zero-order valence-corrected chi connectivity index (χ0v) is 15.6. The largest absolute Gasteiger partial charge is 0.497 e. The maximum atomic E-state index is 12.6. The van der Waals surface area contributed by atoms with Crippen LogP contribution in [0.5, 0.6) is 5.75 Å². The number of aromatic nitrogens is 1. The van der Waals surface area contributed by atoms with E-state index in [9.17, 15) is 18.5 Å². The molecule has 0 fully saturated rings. The van der Waals surface area contributed by atoms with Gasteiger partial charge in [-0.1, -0.05) is 11.3 Å². The highest BCUT2D eigenvalue weighted by atomic mass is 32.2. The molecule has 0 unspecified atom stereocenters. The number of nitro benzene ring substituents is 1. The SMILES string of the molecule is CCn1c(=NS(=O)(=O)c2ccc(OC)cc2)sc2cc([N+](=O)[O-])ccc21. The molecule has 0 saturated heterocycles. The van der Waals surface area contributed by atoms with Crippen molar-refractivity contribution in [1.82, 2.24) is 4.57 Å². The second-order valence-corrected chi connectivity index (χ2v) is 7.89. The number of benzene rings is 2. The molecular formula is C16H15N3O5S2. The number of hydrogen-bond donors (Lipinski definition) is 0. The number of non-ortho nitro benzene ring substituents is 1. The molecule has 0 N–H and O–H groups in total. The van der Waals surface area contributed by atoms with Gasteiger partial charge in [0.1, 0.15) is 5.75 Å². The average Bonchev–Trinajstić information content (AvgIpc) is 2.96. The van der Waals surface area contributed by atoms with E-state index in [0.717, 1.165) is 11.3 Å². The number of nitro groups is 1. The topological polar surface area (TPSA) is 104 Å². The molecule has 8 nitrogen and oxygen atoms in total. The Labute approximate surface area is 153 Å². The molecule has 0 saturated carbocycles. The summed E-state index contributed by atoms with van der Waals surface area (Å²) in [6.45, 7) is 2.33. The Bertz CT molecular complexity index is 1140. The number of ether oxygens (including phenoxy) is 1. The van der Waals surface area contributed by atoms with E-state index in [2.05, 4.69) is 4.40 Å². The average molecular weight is 393 g/mol. The Morgan fingerprint density at radius 2 is 1.92 bits per heavy atom. The lowest BCUT2D eigenvalue weighted by atomic mass is 10.3. The van der Waals surface area contributed by atoms with Crippen molar-refractivity contribution in [1.29, 1.82) is 0 Å². The van der Waals surface area contributed by atoms with Gasteiger partial charge in [0.2, 0.25) is 4.80 Å². The van der Waals surface area contributed by atoms with Crippen molar-refractivity contribution in [3.8, 4) is 5.75 Å². The number of methoxy groups -OCH3 is 1. The van der Waals surface area contributed by atoms with Gasteiger partial charge in [0.25, 0.3) is 15.7 Å². The number of fused-ring (bicyclic) bond motifs is 1. The first-order valence-corrected chi connectivity index (χ1v) is 9.84. The van der Waals surface area contributed by atoms with Gasteiger partial charge in [-0.3, -0.25) is 10.1 Å². The van der Waals surface area contributed by atoms with Gasteiger partial charge in [-0.2, -0.15) is 8.42 Å². The van der Waals surface area contributed by atoms with Crippen molar-refractivity contribution in [3.63, 3.8) is 0 Å². The third-order valence-electron chi connectivity index (χ3n) is 3.75. The van der Waals surface area contributed by atoms with Crippen molar-refractivity contribution in [2.75, 3.05) is 7.11 Å². The van der Waals surface area contributed by atoms with Crippen LogP contribution in [0.1, 0.15) is 6.92 Å². The second-order valence-electron chi connectivity index (χ2n) is 5.28. The fourth-order valence-electron chi connectivity index (χ4n) is 2.45. The van der Waals surface area contributed by atoms with Gasteiger partial charge in [0.05, 0.1) is 27.1 Å². The number of sulfonamides is 1. The summed E-state index contributed by atoms with van der Waals surface area (Å²) in [4.78, 5) is 10.8. The minimum Gasteiger partial charge on any atom is -0.497 e. The van der Waals surface area contributed by atoms with E-state index < -0.39 is 14.9 Å². The lowest BCUT2D eigenvalue weighted by Crippen LogP contribution is -2.16. The molecule has 1 heterocycles. The smallest absolute Gasteiger partial charge is 0.285 e. The summed E-state index contributed by atoms with van der Waals surface area (Å²) in [5, 5.41) is 10.9. The van der Waals surface area contributed by atoms with Crippen molar-refractivity contribution in [2.45, 2.75) is 18.4 Å². The standard InChI is InChI=1S/C16H15N3O5S2/c1-3-18-14-9-4-11(19(20)21)10-15(14)25-16(18)17-26(22,23)13-7-5-12(24-2)6-8-13/h4-10H,3H2,1-2H3. The number of hydrogen-bond acceptors (Lipinski definition) is 6. The van der Waals surface area contributed by atoms with Crippen LogP contribution in [-0.2, 0) is 16.6 Å². The Kier molecular flexibility index (Phi) is 4.79. The predicted molar refractivity (Wildman–Crippen MR) is 97.9 cm³/mol. The molecule has 0 amide bonds. The Balaban J connectivity index is 2.17. The molecule has 0 bridgehead atoms. The van der Waals surface area contributed by atoms with Crippen LogP contribution in [0.2, 0.25) is 0 Å². The van der Waals surface area contributed by atoms with Gasteiger partial charge in [0, 0.05) is 18.7 Å². The number of thiazole rings is 1. The minimum atomic E-state index is -3.92. The van der Waals surface area contributed by atoms with E-state index in [1.54, 1.807) is 22.8 Å². The highest BCUT2D eigenvalue weighted by Crippen LogP contribution is 2.24. The van der Waals surface area contributed by atoms with E-state index in [4.69, 9.17) is 4.74 Å². The monoisotopic (exact) mass is 393 g/mol. The Morgan fingerprint density at radius 1 is 1.23 bits per heavy atom. The first-order chi connectivity index (χ1) is 12.4. The van der Waals surface area contributed by atoms with Gasteiger partial charge < -0.3 is 9.30 Å². The van der Waals surface area contributed by atoms with E-state index in [-0.39, 0.29) is 15.4 Å². The summed E-state index contributed by atoms with van der Waals surface area (Å²) < 4.78 is 36.5. The highest BCUT2D eigenvalue weighted by Gasteiger charge is 2.16. The van der Waals surface area contributed by atoms with Crippen LogP contribution in [0.25, 0.3) is 10.2 Å². The molecule has 1 aromatic heterocycles. The molecule has 0 aliphatic rings. The third-order valence-corrected chi connectivity index (χ3v) is 6.19. The molecule has 26 heavy (non-hydrogen) atoms. The van der Waals surface area contributed by atoms with Crippen LogP contribution in [0.3, 0.4) is 0 Å². The van der Waals surface area contributed by atoms with E-state index in [1.807, 2.05) is 6.92 Å². The summed E-state index contributed by atoms with van der Waals surface area (Å²) in [7, 11) is -2.43. The Hall–Kier alpha value is -2.72. The first-order valence-electron chi connectivity index (χ1n) is 7.58. The summed E-state index contributed by atoms with van der Waals surface area (Å²) in [6, 6.07) is 10.4. The van der Waals surface area contributed by atoms with Gasteiger partial charge in [-0.15, -0.1) is 4.40 Å². The molecule has 0 spiro atoms. The molecule has 136 valence electrons. The number of nitrogens with zero attached hydrogens (tertiary/aromatic N) is 3. The normalized spacial score (nSPS) is 12.5. The minimum absolute atomic E-state index is 0.0457. The molecule has 0 radical (unpaired) electrons. The summed E-state index contributed by atoms with van der Waals surface area (Å²) in [6.07, 6.45) is 0. The third kappa shape index (κ3) is 3.33. The lowest BCUT2D eigenvalue weighted by molar-refractivity contribution is -0.384. The quantitative estimate of drug-likeness (QED) is 0.490. The van der Waals surface area contributed by atoms with E-state index in [0.29, 0.717) is 22.5 Å². The van der Waals surface area contributed by atoms with Crippen LogP contribution < -0.4 is 9.54 Å². The van der Waals surface area contributed by atoms with Crippen LogP contribution in [-0.4, -0.2) is 25.0 Å². The molecule has 2 aromatic carbocycles. The fraction of sp³-hybridized carbons (Fsp3) is 0.188. The van der Waals surface area contributed by atoms with Crippen LogP contribution in [0.15, 0.2) is 51.8 Å². The zero-order chi connectivity index (χ0) is 18.9. The molecule has 3 rings (SSSR count). The van der Waals surface area contributed by atoms with Gasteiger partial charge in [-0.05, 0) is 37.3 Å². The van der Waals surface area contributed by atoms with Crippen LogP contribution >= 0.6 is 11.3 Å². The summed E-state index contributed by atoms with van der Waals surface area (Å²) in [5.74, 6) is 0.543. The molecule has 3 aromatic rings. The molecular weight excluding hydrogens is 378 g/mol. The van der Waals surface area contributed by atoms with Crippen LogP contribution in [0, 0.1) is 10.1 Å². The van der Waals surface area contributed by atoms with Crippen molar-refractivity contribution in [2.24, 2.45) is 4.40 Å². The maximum absolute atomic E-state index is 12.6. The zero-order valence-electron chi connectivity index (χ0n) is 13.9. The van der Waals surface area contributed by atoms with E-state index >= 15 is 0 Å². The van der Waals surface area contributed by atoms with Crippen molar-refractivity contribution >= 4 is 37.3 Å². The predicted octanol–water partition coefficient (Wildman–Crippen LogP) is 2.93. The number of rotatable bonds is 5. The lowest BCUT2D eigenvalue weighted by Gasteiger charge is -2.02. The molecule has 0 aliphatic carbocycles.